The summed E-state index contributed by atoms with van der Waals surface area (Å²) in [6, 6.07) is -5.24. The largest absolute Gasteiger partial charge is 0.480 e. The highest BCUT2D eigenvalue weighted by molar-refractivity contribution is 5.94. The van der Waals surface area contributed by atoms with Gasteiger partial charge in [-0.25, -0.2) is 4.79 Å². The lowest BCUT2D eigenvalue weighted by atomic mass is 9.98. The molecule has 0 aliphatic carbocycles. The van der Waals surface area contributed by atoms with E-state index in [0.717, 1.165) is 0 Å². The predicted octanol–water partition coefficient (Wildman–Crippen LogP) is -3.29. The van der Waals surface area contributed by atoms with Gasteiger partial charge in [-0.1, -0.05) is 20.3 Å². The Balaban J connectivity index is 5.62. The fraction of sp³-hybridized carbons (Fsp3) is 0.750. The number of nitrogens with two attached hydrogens (primary N) is 3. The first-order chi connectivity index (χ1) is 15.7. The minimum Gasteiger partial charge on any atom is -0.480 e. The van der Waals surface area contributed by atoms with E-state index in [1.54, 1.807) is 13.8 Å². The van der Waals surface area contributed by atoms with Gasteiger partial charge in [-0.15, -0.1) is 0 Å². The van der Waals surface area contributed by atoms with Crippen molar-refractivity contribution in [1.82, 2.24) is 16.0 Å². The van der Waals surface area contributed by atoms with Gasteiger partial charge in [0.2, 0.25) is 17.7 Å². The predicted molar refractivity (Wildman–Crippen MR) is 124 cm³/mol. The highest BCUT2D eigenvalue weighted by Crippen LogP contribution is 2.10. The van der Waals surface area contributed by atoms with E-state index in [-0.39, 0.29) is 31.3 Å². The second-order valence-electron chi connectivity index (χ2n) is 8.21. The molecule has 14 nitrogen and oxygen atoms in total. The average molecular weight is 490 g/mol. The zero-order chi connectivity index (χ0) is 26.6. The topological polar surface area (TPSA) is 255 Å². The number of aliphatic hydroxyl groups excluding tert-OH is 2. The summed E-state index contributed by atoms with van der Waals surface area (Å²) in [5.74, 6) is -4.31. The van der Waals surface area contributed by atoms with Gasteiger partial charge >= 0.3 is 5.97 Å². The SMILES string of the molecule is CCC(C)C(NC(=O)C(CCCN=C(N)N)NC(=O)C(NC(=O)C(N)C(C)O)C(C)O)C(=O)O. The number of carboxylic acids is 1. The van der Waals surface area contributed by atoms with E-state index in [1.165, 1.54) is 13.8 Å². The smallest absolute Gasteiger partial charge is 0.326 e. The van der Waals surface area contributed by atoms with E-state index in [2.05, 4.69) is 20.9 Å². The summed E-state index contributed by atoms with van der Waals surface area (Å²) in [6.07, 6.45) is -1.80. The number of aliphatic hydroxyl groups is 2. The lowest BCUT2D eigenvalue weighted by molar-refractivity contribution is -0.144. The Bertz CT molecular complexity index is 726. The summed E-state index contributed by atoms with van der Waals surface area (Å²) in [5.41, 5.74) is 16.1. The Hall–Kier alpha value is -2.97. The minimum absolute atomic E-state index is 0.0366. The molecule has 0 aromatic heterocycles. The minimum atomic E-state index is -1.49. The maximum Gasteiger partial charge on any atom is 0.326 e. The van der Waals surface area contributed by atoms with Crippen molar-refractivity contribution in [2.24, 2.45) is 28.1 Å². The zero-order valence-corrected chi connectivity index (χ0v) is 20.0. The van der Waals surface area contributed by atoms with Crippen molar-refractivity contribution in [2.75, 3.05) is 6.54 Å². The van der Waals surface area contributed by atoms with Crippen LogP contribution in [0.5, 0.6) is 0 Å². The second-order valence-corrected chi connectivity index (χ2v) is 8.21. The maximum absolute atomic E-state index is 12.9. The molecule has 12 N–H and O–H groups in total. The number of nitrogens with zero attached hydrogens (tertiary/aromatic N) is 1. The van der Waals surface area contributed by atoms with Crippen molar-refractivity contribution < 1.29 is 34.5 Å². The van der Waals surface area contributed by atoms with Gasteiger partial charge in [-0.2, -0.15) is 0 Å². The zero-order valence-electron chi connectivity index (χ0n) is 20.0. The molecule has 0 aromatic rings. The average Bonchev–Trinajstić information content (AvgIpc) is 2.75. The first-order valence-electron chi connectivity index (χ1n) is 11.0. The molecule has 0 rings (SSSR count). The molecule has 0 spiro atoms. The molecule has 34 heavy (non-hydrogen) atoms. The van der Waals surface area contributed by atoms with Crippen molar-refractivity contribution in [3.63, 3.8) is 0 Å². The number of rotatable bonds is 15. The fourth-order valence-corrected chi connectivity index (χ4v) is 2.84. The number of aliphatic imine (C=N–C) groups is 1. The van der Waals surface area contributed by atoms with Gasteiger partial charge in [0.25, 0.3) is 0 Å². The fourth-order valence-electron chi connectivity index (χ4n) is 2.84. The molecule has 0 saturated heterocycles. The van der Waals surface area contributed by atoms with Gasteiger partial charge in [0.05, 0.1) is 12.2 Å². The van der Waals surface area contributed by atoms with Crippen molar-refractivity contribution in [2.45, 2.75) is 83.3 Å². The third-order valence-electron chi connectivity index (χ3n) is 5.24. The van der Waals surface area contributed by atoms with Gasteiger partial charge in [-0.05, 0) is 32.6 Å². The van der Waals surface area contributed by atoms with Crippen LogP contribution in [0.1, 0.15) is 47.0 Å². The molecule has 3 amide bonds. The van der Waals surface area contributed by atoms with Gasteiger partial charge in [-0.3, -0.25) is 19.4 Å². The highest BCUT2D eigenvalue weighted by Gasteiger charge is 2.33. The molecule has 0 aliphatic rings. The number of carbonyl (C=O) groups is 4. The van der Waals surface area contributed by atoms with Gasteiger partial charge in [0.15, 0.2) is 5.96 Å². The summed E-state index contributed by atoms with van der Waals surface area (Å²) in [6.45, 7) is 6.12. The molecule has 0 aliphatic heterocycles. The van der Waals surface area contributed by atoms with Crippen molar-refractivity contribution in [3.8, 4) is 0 Å². The third-order valence-corrected chi connectivity index (χ3v) is 5.24. The molecule has 7 unspecified atom stereocenters. The van der Waals surface area contributed by atoms with Crippen LogP contribution in [0.2, 0.25) is 0 Å². The van der Waals surface area contributed by atoms with Crippen LogP contribution in [0.25, 0.3) is 0 Å². The van der Waals surface area contributed by atoms with Crippen LogP contribution in [0, 0.1) is 5.92 Å². The number of aliphatic carboxylic acids is 1. The lowest BCUT2D eigenvalue weighted by Crippen LogP contribution is -2.61. The van der Waals surface area contributed by atoms with E-state index in [1.807, 2.05) is 0 Å². The van der Waals surface area contributed by atoms with Crippen molar-refractivity contribution in [3.05, 3.63) is 0 Å². The van der Waals surface area contributed by atoms with Gasteiger partial charge in [0.1, 0.15) is 24.2 Å². The van der Waals surface area contributed by atoms with Crippen LogP contribution < -0.4 is 33.2 Å². The molecule has 0 saturated carbocycles. The molecule has 0 fully saturated rings. The number of carboxylic acid groups (broad SMARTS) is 1. The van der Waals surface area contributed by atoms with Crippen LogP contribution in [-0.4, -0.2) is 87.9 Å². The summed E-state index contributed by atoms with van der Waals surface area (Å²) in [4.78, 5) is 53.3. The number of hydrogen-bond acceptors (Lipinski definition) is 8. The number of hydrogen-bond donors (Lipinski definition) is 9. The summed E-state index contributed by atoms with van der Waals surface area (Å²) < 4.78 is 0. The van der Waals surface area contributed by atoms with Crippen LogP contribution >= 0.6 is 0 Å². The molecule has 0 bridgehead atoms. The molecule has 7 atom stereocenters. The van der Waals surface area contributed by atoms with Crippen LogP contribution in [-0.2, 0) is 19.2 Å². The Labute approximate surface area is 198 Å². The van der Waals surface area contributed by atoms with Crippen LogP contribution in [0.4, 0.5) is 0 Å². The maximum atomic E-state index is 12.9. The Kier molecular flexibility index (Phi) is 13.7. The Morgan fingerprint density at radius 3 is 1.88 bits per heavy atom. The first-order valence-corrected chi connectivity index (χ1v) is 11.0. The van der Waals surface area contributed by atoms with Crippen LogP contribution in [0.3, 0.4) is 0 Å². The normalized spacial score (nSPS) is 17.1. The number of amides is 3. The second kappa shape index (κ2) is 15.0. The van der Waals surface area contributed by atoms with E-state index in [0.29, 0.717) is 6.42 Å². The van der Waals surface area contributed by atoms with Gasteiger partial charge < -0.3 is 48.5 Å². The molecule has 196 valence electrons. The summed E-state index contributed by atoms with van der Waals surface area (Å²) >= 11 is 0. The van der Waals surface area contributed by atoms with Crippen molar-refractivity contribution in [1.29, 1.82) is 0 Å². The standard InChI is InChI=1S/C20H39N7O7/c1-5-9(2)14(19(33)34)26-16(30)12(7-6-8-24-20(22)23)25-18(32)15(11(4)29)27-17(31)13(21)10(3)28/h9-15,28-29H,5-8,21H2,1-4H3,(H,25,32)(H,26,30)(H,27,31)(H,33,34)(H4,22,23,24). The van der Waals surface area contributed by atoms with Crippen LogP contribution in [0.15, 0.2) is 4.99 Å². The quantitative estimate of drug-likeness (QED) is 0.0629. The molecule has 14 heteroatoms. The summed E-state index contributed by atoms with van der Waals surface area (Å²) in [5, 5.41) is 36.0. The van der Waals surface area contributed by atoms with E-state index in [9.17, 15) is 34.5 Å². The van der Waals surface area contributed by atoms with Gasteiger partial charge in [0, 0.05) is 6.54 Å². The Morgan fingerprint density at radius 1 is 0.882 bits per heavy atom. The molecular weight excluding hydrogens is 450 g/mol. The molecule has 0 aromatic carbocycles. The number of guanidine groups is 1. The van der Waals surface area contributed by atoms with E-state index < -0.39 is 60.1 Å². The van der Waals surface area contributed by atoms with E-state index in [4.69, 9.17) is 17.2 Å². The van der Waals surface area contributed by atoms with E-state index >= 15 is 0 Å². The number of carbonyl (C=O) groups excluding carboxylic acids is 3. The molecular formula is C20H39N7O7. The third kappa shape index (κ3) is 10.8. The monoisotopic (exact) mass is 489 g/mol. The van der Waals surface area contributed by atoms with Crippen molar-refractivity contribution >= 4 is 29.7 Å². The highest BCUT2D eigenvalue weighted by atomic mass is 16.4. The first kappa shape index (κ1) is 31.0. The number of nitrogens with one attached hydrogen (secondary N) is 3. The Morgan fingerprint density at radius 2 is 1.44 bits per heavy atom. The molecule has 0 heterocycles. The summed E-state index contributed by atoms with van der Waals surface area (Å²) in [7, 11) is 0. The molecule has 0 radical (unpaired) electrons. The lowest BCUT2D eigenvalue weighted by Gasteiger charge is -2.27.